The van der Waals surface area contributed by atoms with E-state index in [0.29, 0.717) is 0 Å². The van der Waals surface area contributed by atoms with Gasteiger partial charge in [-0.05, 0) is 34.1 Å². The van der Waals surface area contributed by atoms with Crippen molar-refractivity contribution in [1.29, 1.82) is 0 Å². The van der Waals surface area contributed by atoms with Crippen LogP contribution in [0.2, 0.25) is 5.02 Å². The summed E-state index contributed by atoms with van der Waals surface area (Å²) in [5.41, 5.74) is 0. The molecule has 3 heteroatoms. The maximum Gasteiger partial charge on any atom is 0.129 e. The van der Waals surface area contributed by atoms with Gasteiger partial charge in [-0.1, -0.05) is 11.6 Å². The normalized spacial score (nSPS) is 14.2. The molecular formula is C6H4BrClO. The first-order valence-corrected chi connectivity index (χ1v) is 3.27. The summed E-state index contributed by atoms with van der Waals surface area (Å²) in [4.78, 5) is 0. The highest BCUT2D eigenvalue weighted by Crippen LogP contribution is 2.25. The van der Waals surface area contributed by atoms with Crippen molar-refractivity contribution in [3.8, 4) is 5.75 Å². The molecule has 0 aliphatic carbocycles. The summed E-state index contributed by atoms with van der Waals surface area (Å²) in [6.45, 7) is 0. The topological polar surface area (TPSA) is 20.2 Å². The summed E-state index contributed by atoms with van der Waals surface area (Å²) in [6, 6.07) is -0.875. The van der Waals surface area contributed by atoms with Crippen LogP contribution in [0.4, 0.5) is 0 Å². The second kappa shape index (κ2) is 2.58. The predicted octanol–water partition coefficient (Wildman–Crippen LogP) is 2.81. The van der Waals surface area contributed by atoms with Crippen LogP contribution in [0.25, 0.3) is 0 Å². The zero-order chi connectivity index (χ0) is 9.46. The highest BCUT2D eigenvalue weighted by atomic mass is 79.9. The Morgan fingerprint density at radius 3 is 3.00 bits per heavy atom. The Bertz CT molecular complexity index is 237. The Labute approximate surface area is 70.6 Å². The van der Waals surface area contributed by atoms with Crippen LogP contribution < -0.4 is 0 Å². The van der Waals surface area contributed by atoms with Crippen LogP contribution in [0, 0.1) is 0 Å². The molecule has 0 saturated carbocycles. The van der Waals surface area contributed by atoms with Gasteiger partial charge in [0.2, 0.25) is 0 Å². The fourth-order valence-corrected chi connectivity index (χ4v) is 0.909. The first-order chi connectivity index (χ1) is 5.46. The number of hydrogen-bond acceptors (Lipinski definition) is 1. The minimum atomic E-state index is -0.422. The Morgan fingerprint density at radius 2 is 2.33 bits per heavy atom. The molecule has 9 heavy (non-hydrogen) atoms. The maximum atomic E-state index is 9.16. The number of benzene rings is 1. The van der Waals surface area contributed by atoms with Gasteiger partial charge in [-0.2, -0.15) is 0 Å². The summed E-state index contributed by atoms with van der Waals surface area (Å²) in [5, 5.41) is 9.02. The van der Waals surface area contributed by atoms with Gasteiger partial charge in [0.15, 0.2) is 0 Å². The molecule has 1 aromatic rings. The quantitative estimate of drug-likeness (QED) is 0.698. The summed E-state index contributed by atoms with van der Waals surface area (Å²) < 4.78 is 21.7. The zero-order valence-corrected chi connectivity index (χ0v) is 6.55. The molecule has 0 aliphatic heterocycles. The Kier molecular flexibility index (Phi) is 1.10. The highest BCUT2D eigenvalue weighted by Gasteiger charge is 1.95. The van der Waals surface area contributed by atoms with Crippen molar-refractivity contribution >= 4 is 27.5 Å². The first kappa shape index (κ1) is 3.84. The lowest BCUT2D eigenvalue weighted by Gasteiger charge is -1.94. The third-order valence-electron chi connectivity index (χ3n) is 0.718. The number of phenols is 1. The van der Waals surface area contributed by atoms with Gasteiger partial charge in [-0.15, -0.1) is 0 Å². The lowest BCUT2D eigenvalue weighted by Crippen LogP contribution is -1.66. The third kappa shape index (κ3) is 1.60. The van der Waals surface area contributed by atoms with Crippen molar-refractivity contribution in [1.82, 2.24) is 0 Å². The summed E-state index contributed by atoms with van der Waals surface area (Å²) in [5.74, 6) is -0.422. The van der Waals surface area contributed by atoms with E-state index >= 15 is 0 Å². The van der Waals surface area contributed by atoms with E-state index in [-0.39, 0.29) is 27.6 Å². The molecule has 1 aromatic carbocycles. The van der Waals surface area contributed by atoms with E-state index in [9.17, 15) is 0 Å². The van der Waals surface area contributed by atoms with Crippen LogP contribution in [-0.2, 0) is 0 Å². The van der Waals surface area contributed by atoms with Crippen molar-refractivity contribution < 1.29 is 9.22 Å². The average molecular weight is 210 g/mol. The molecule has 0 radical (unpaired) electrons. The third-order valence-corrected chi connectivity index (χ3v) is 1.48. The lowest BCUT2D eigenvalue weighted by atomic mass is 10.3. The molecule has 0 saturated heterocycles. The van der Waals surface area contributed by atoms with Crippen molar-refractivity contribution in [2.75, 3.05) is 0 Å². The number of aromatic hydroxyl groups is 1. The van der Waals surface area contributed by atoms with E-state index in [4.69, 9.17) is 20.8 Å². The Hall–Kier alpha value is -0.210. The van der Waals surface area contributed by atoms with Crippen molar-refractivity contribution in [3.05, 3.63) is 27.6 Å². The number of halogens is 2. The van der Waals surface area contributed by atoms with Gasteiger partial charge < -0.3 is 5.11 Å². The maximum absolute atomic E-state index is 9.16. The van der Waals surface area contributed by atoms with Gasteiger partial charge in [0.1, 0.15) is 5.75 Å². The SMILES string of the molecule is [2H]c1c([2H])c(Cl)c([2H])c(Br)c1O. The van der Waals surface area contributed by atoms with Crippen LogP contribution >= 0.6 is 27.5 Å². The smallest absolute Gasteiger partial charge is 0.129 e. The van der Waals surface area contributed by atoms with E-state index in [2.05, 4.69) is 15.9 Å². The molecule has 1 N–H and O–H groups in total. The van der Waals surface area contributed by atoms with Crippen LogP contribution in [0.5, 0.6) is 5.75 Å². The molecule has 1 rings (SSSR count). The second-order valence-corrected chi connectivity index (χ2v) is 2.52. The fraction of sp³-hybridized carbons (Fsp3) is 0. The molecule has 0 aliphatic rings. The average Bonchev–Trinajstić information content (AvgIpc) is 2.08. The van der Waals surface area contributed by atoms with Crippen LogP contribution in [0.3, 0.4) is 0 Å². The predicted molar refractivity (Wildman–Crippen MR) is 40.8 cm³/mol. The molecule has 0 aromatic heterocycles. The van der Waals surface area contributed by atoms with Crippen LogP contribution in [-0.4, -0.2) is 5.11 Å². The molecule has 1 nitrogen and oxygen atoms in total. The molecule has 0 spiro atoms. The second-order valence-electron chi connectivity index (χ2n) is 1.35. The fourth-order valence-electron chi connectivity index (χ4n) is 0.356. The summed E-state index contributed by atoms with van der Waals surface area (Å²) >= 11 is 8.41. The highest BCUT2D eigenvalue weighted by molar-refractivity contribution is 9.10. The number of phenolic OH excluding ortho intramolecular Hbond substituents is 1. The largest absolute Gasteiger partial charge is 0.507 e. The molecule has 48 valence electrons. The van der Waals surface area contributed by atoms with E-state index in [1.54, 1.807) is 0 Å². The van der Waals surface area contributed by atoms with Gasteiger partial charge in [0, 0.05) is 5.02 Å². The number of rotatable bonds is 0. The summed E-state index contributed by atoms with van der Waals surface area (Å²) in [6.07, 6.45) is 0. The van der Waals surface area contributed by atoms with Gasteiger partial charge >= 0.3 is 0 Å². The van der Waals surface area contributed by atoms with E-state index in [1.165, 1.54) is 0 Å². The Balaban J connectivity index is 3.60. The number of hydrogen-bond donors (Lipinski definition) is 1. The van der Waals surface area contributed by atoms with Gasteiger partial charge in [0.05, 0.1) is 8.58 Å². The van der Waals surface area contributed by atoms with E-state index in [1.807, 2.05) is 0 Å². The van der Waals surface area contributed by atoms with E-state index in [0.717, 1.165) is 0 Å². The molecule has 0 fully saturated rings. The van der Waals surface area contributed by atoms with Crippen LogP contribution in [0.15, 0.2) is 22.6 Å². The molecule has 0 amide bonds. The molecular weight excluding hydrogens is 203 g/mol. The lowest BCUT2D eigenvalue weighted by molar-refractivity contribution is 0.472. The monoisotopic (exact) mass is 209 g/mol. The van der Waals surface area contributed by atoms with Crippen molar-refractivity contribution in [2.24, 2.45) is 0 Å². The standard InChI is InChI=1S/C6H4BrClO/c7-5-3-4(8)1-2-6(5)9/h1-3,9H/i1D,2D,3D. The van der Waals surface area contributed by atoms with Gasteiger partial charge in [-0.3, -0.25) is 0 Å². The van der Waals surface area contributed by atoms with Gasteiger partial charge in [0.25, 0.3) is 0 Å². The van der Waals surface area contributed by atoms with Gasteiger partial charge in [-0.25, -0.2) is 0 Å². The Morgan fingerprint density at radius 1 is 1.67 bits per heavy atom. The minimum absolute atomic E-state index is 0.0495. The van der Waals surface area contributed by atoms with Crippen molar-refractivity contribution in [3.63, 3.8) is 0 Å². The van der Waals surface area contributed by atoms with E-state index < -0.39 is 5.75 Å². The molecule has 0 atom stereocenters. The summed E-state index contributed by atoms with van der Waals surface area (Å²) in [7, 11) is 0. The molecule has 0 unspecified atom stereocenters. The zero-order valence-electron chi connectivity index (χ0n) is 7.20. The van der Waals surface area contributed by atoms with Crippen LogP contribution in [0.1, 0.15) is 4.11 Å². The van der Waals surface area contributed by atoms with Crippen molar-refractivity contribution in [2.45, 2.75) is 0 Å². The molecule has 0 heterocycles. The first-order valence-electron chi connectivity index (χ1n) is 3.60. The minimum Gasteiger partial charge on any atom is -0.507 e. The molecule has 0 bridgehead atoms.